The van der Waals surface area contributed by atoms with Gasteiger partial charge in [-0.05, 0) is 31.9 Å². The number of benzene rings is 1. The van der Waals surface area contributed by atoms with Gasteiger partial charge >= 0.3 is 0 Å². The molecule has 1 aliphatic rings. The molecule has 0 fully saturated rings. The van der Waals surface area contributed by atoms with E-state index in [1.54, 1.807) is 7.05 Å². The van der Waals surface area contributed by atoms with Crippen LogP contribution < -0.4 is 15.4 Å². The Labute approximate surface area is 165 Å². The van der Waals surface area contributed by atoms with Gasteiger partial charge in [-0.15, -0.1) is 24.0 Å². The lowest BCUT2D eigenvalue weighted by Gasteiger charge is -2.15. The molecule has 1 unspecified atom stereocenters. The lowest BCUT2D eigenvalue weighted by atomic mass is 10.1. The number of para-hydroxylation sites is 1. The maximum absolute atomic E-state index is 5.93. The molecule has 1 atom stereocenters. The number of aryl methyl sites for hydroxylation is 2. The highest BCUT2D eigenvalue weighted by Gasteiger charge is 2.22. The predicted molar refractivity (Wildman–Crippen MR) is 109 cm³/mol. The largest absolute Gasteiger partial charge is 0.488 e. The molecule has 0 radical (unpaired) electrons. The number of hydrogen-bond donors (Lipinski definition) is 2. The third-order valence-corrected chi connectivity index (χ3v) is 4.28. The highest BCUT2D eigenvalue weighted by Crippen LogP contribution is 2.27. The normalized spacial score (nSPS) is 16.0. The molecule has 2 N–H and O–H groups in total. The number of nitrogens with zero attached hydrogens (tertiary/aromatic N) is 2. The lowest BCUT2D eigenvalue weighted by Crippen LogP contribution is -2.42. The topological polar surface area (TPSA) is 71.7 Å². The van der Waals surface area contributed by atoms with Crippen LogP contribution in [0.1, 0.15) is 22.6 Å². The van der Waals surface area contributed by atoms with Crippen molar-refractivity contribution in [1.82, 2.24) is 15.8 Å². The second-order valence-electron chi connectivity index (χ2n) is 5.98. The SMILES string of the molecule is CN=C(NCCc1c(C)noc1C)NCC1Cc2ccccc2O1.I. The molecule has 0 saturated heterocycles. The van der Waals surface area contributed by atoms with Crippen LogP contribution in [0, 0.1) is 13.8 Å². The van der Waals surface area contributed by atoms with E-state index in [4.69, 9.17) is 9.26 Å². The fourth-order valence-electron chi connectivity index (χ4n) is 2.96. The number of halogens is 1. The Morgan fingerprint density at radius 3 is 2.76 bits per heavy atom. The maximum Gasteiger partial charge on any atom is 0.191 e. The molecule has 0 amide bonds. The van der Waals surface area contributed by atoms with Crippen LogP contribution in [0.25, 0.3) is 0 Å². The summed E-state index contributed by atoms with van der Waals surface area (Å²) in [5, 5.41) is 10.6. The Kier molecular flexibility index (Phi) is 7.10. The van der Waals surface area contributed by atoms with E-state index in [2.05, 4.69) is 26.8 Å². The molecule has 0 bridgehead atoms. The van der Waals surface area contributed by atoms with Crippen molar-refractivity contribution in [3.63, 3.8) is 0 Å². The zero-order valence-corrected chi connectivity index (χ0v) is 17.2. The van der Waals surface area contributed by atoms with Gasteiger partial charge in [0, 0.05) is 25.6 Å². The van der Waals surface area contributed by atoms with E-state index in [0.717, 1.165) is 54.7 Å². The monoisotopic (exact) mass is 456 g/mol. The Morgan fingerprint density at radius 2 is 2.08 bits per heavy atom. The summed E-state index contributed by atoms with van der Waals surface area (Å²) in [6.45, 7) is 5.40. The number of hydrogen-bond acceptors (Lipinski definition) is 4. The minimum Gasteiger partial charge on any atom is -0.488 e. The van der Waals surface area contributed by atoms with Crippen molar-refractivity contribution >= 4 is 29.9 Å². The summed E-state index contributed by atoms with van der Waals surface area (Å²) in [5.41, 5.74) is 3.38. The van der Waals surface area contributed by atoms with Gasteiger partial charge in [-0.3, -0.25) is 4.99 Å². The van der Waals surface area contributed by atoms with Crippen LogP contribution in [0.3, 0.4) is 0 Å². The zero-order chi connectivity index (χ0) is 16.9. The molecule has 0 saturated carbocycles. The van der Waals surface area contributed by atoms with Crippen molar-refractivity contribution in [3.8, 4) is 5.75 Å². The molecule has 0 spiro atoms. The predicted octanol–water partition coefficient (Wildman–Crippen LogP) is 2.62. The van der Waals surface area contributed by atoms with Gasteiger partial charge in [-0.2, -0.15) is 0 Å². The number of aliphatic imine (C=N–C) groups is 1. The molecule has 2 heterocycles. The number of rotatable bonds is 5. The van der Waals surface area contributed by atoms with Crippen molar-refractivity contribution in [2.45, 2.75) is 32.8 Å². The summed E-state index contributed by atoms with van der Waals surface area (Å²) in [4.78, 5) is 4.26. The molecule has 1 aliphatic heterocycles. The van der Waals surface area contributed by atoms with Gasteiger partial charge < -0.3 is 19.9 Å². The highest BCUT2D eigenvalue weighted by atomic mass is 127. The van der Waals surface area contributed by atoms with Crippen molar-refractivity contribution in [2.75, 3.05) is 20.1 Å². The molecule has 2 aromatic rings. The molecule has 7 heteroatoms. The summed E-state index contributed by atoms with van der Waals surface area (Å²) < 4.78 is 11.1. The van der Waals surface area contributed by atoms with Crippen LogP contribution in [0.15, 0.2) is 33.8 Å². The van der Waals surface area contributed by atoms with Crippen molar-refractivity contribution in [1.29, 1.82) is 0 Å². The van der Waals surface area contributed by atoms with Crippen LogP contribution in [0.5, 0.6) is 5.75 Å². The Morgan fingerprint density at radius 1 is 1.28 bits per heavy atom. The minimum absolute atomic E-state index is 0. The lowest BCUT2D eigenvalue weighted by molar-refractivity contribution is 0.235. The van der Waals surface area contributed by atoms with Gasteiger partial charge in [0.15, 0.2) is 5.96 Å². The highest BCUT2D eigenvalue weighted by molar-refractivity contribution is 14.0. The third kappa shape index (κ3) is 4.87. The first-order valence-electron chi connectivity index (χ1n) is 8.28. The first-order chi connectivity index (χ1) is 11.7. The average molecular weight is 456 g/mol. The van der Waals surface area contributed by atoms with Crippen LogP contribution in [-0.4, -0.2) is 37.4 Å². The Hall–Kier alpha value is -1.77. The van der Waals surface area contributed by atoms with E-state index in [1.807, 2.05) is 32.0 Å². The van der Waals surface area contributed by atoms with Gasteiger partial charge in [0.1, 0.15) is 17.6 Å². The average Bonchev–Trinajstić information content (AvgIpc) is 3.14. The molecule has 3 rings (SSSR count). The molecule has 0 aliphatic carbocycles. The van der Waals surface area contributed by atoms with E-state index < -0.39 is 0 Å². The quantitative estimate of drug-likeness (QED) is 0.411. The van der Waals surface area contributed by atoms with E-state index >= 15 is 0 Å². The first kappa shape index (κ1) is 19.6. The van der Waals surface area contributed by atoms with E-state index in [0.29, 0.717) is 0 Å². The third-order valence-electron chi connectivity index (χ3n) is 4.28. The van der Waals surface area contributed by atoms with Crippen LogP contribution in [-0.2, 0) is 12.8 Å². The van der Waals surface area contributed by atoms with E-state index in [-0.39, 0.29) is 30.1 Å². The Balaban J connectivity index is 0.00000225. The number of fused-ring (bicyclic) bond motifs is 1. The Bertz CT molecular complexity index is 685. The number of ether oxygens (including phenoxy) is 1. The zero-order valence-electron chi connectivity index (χ0n) is 14.8. The summed E-state index contributed by atoms with van der Waals surface area (Å²) >= 11 is 0. The summed E-state index contributed by atoms with van der Waals surface area (Å²) in [7, 11) is 1.77. The van der Waals surface area contributed by atoms with Gasteiger partial charge in [-0.25, -0.2) is 0 Å². The fraction of sp³-hybridized carbons (Fsp3) is 0.444. The van der Waals surface area contributed by atoms with Crippen molar-refractivity contribution < 1.29 is 9.26 Å². The number of nitrogens with one attached hydrogen (secondary N) is 2. The summed E-state index contributed by atoms with van der Waals surface area (Å²) in [5.74, 6) is 2.65. The fourth-order valence-corrected chi connectivity index (χ4v) is 2.96. The van der Waals surface area contributed by atoms with Crippen molar-refractivity contribution in [2.24, 2.45) is 4.99 Å². The first-order valence-corrected chi connectivity index (χ1v) is 8.28. The molecule has 1 aromatic heterocycles. The second-order valence-corrected chi connectivity index (χ2v) is 5.98. The molecule has 136 valence electrons. The molecule has 25 heavy (non-hydrogen) atoms. The van der Waals surface area contributed by atoms with Gasteiger partial charge in [0.25, 0.3) is 0 Å². The summed E-state index contributed by atoms with van der Waals surface area (Å²) in [6, 6.07) is 8.19. The number of guanidine groups is 1. The van der Waals surface area contributed by atoms with Crippen LogP contribution in [0.2, 0.25) is 0 Å². The number of aromatic nitrogens is 1. The van der Waals surface area contributed by atoms with Gasteiger partial charge in [0.05, 0.1) is 12.2 Å². The van der Waals surface area contributed by atoms with Crippen LogP contribution >= 0.6 is 24.0 Å². The van der Waals surface area contributed by atoms with E-state index in [9.17, 15) is 0 Å². The van der Waals surface area contributed by atoms with Crippen LogP contribution in [0.4, 0.5) is 0 Å². The molecule has 1 aromatic carbocycles. The molecular formula is C18H25IN4O2. The van der Waals surface area contributed by atoms with Crippen molar-refractivity contribution in [3.05, 3.63) is 46.8 Å². The van der Waals surface area contributed by atoms with Gasteiger partial charge in [-0.1, -0.05) is 23.4 Å². The van der Waals surface area contributed by atoms with Gasteiger partial charge in [0.2, 0.25) is 0 Å². The maximum atomic E-state index is 5.93. The molecular weight excluding hydrogens is 431 g/mol. The summed E-state index contributed by atoms with van der Waals surface area (Å²) in [6.07, 6.45) is 1.93. The minimum atomic E-state index is 0. The standard InChI is InChI=1S/C18H24N4O2.HI/c1-12-16(13(2)24-22-12)8-9-20-18(19-3)21-11-15-10-14-6-4-5-7-17(14)23-15;/h4-7,15H,8-11H2,1-3H3,(H2,19,20,21);1H. The smallest absolute Gasteiger partial charge is 0.191 e. The second kappa shape index (κ2) is 9.07. The van der Waals surface area contributed by atoms with E-state index in [1.165, 1.54) is 5.56 Å². The molecule has 6 nitrogen and oxygen atoms in total.